The molecule has 6 rings (SSSR count). The highest BCUT2D eigenvalue weighted by atomic mass is 16.5. The molecule has 4 heterocycles. The highest BCUT2D eigenvalue weighted by Gasteiger charge is 2.57. The van der Waals surface area contributed by atoms with Crippen molar-refractivity contribution in [1.29, 1.82) is 0 Å². The number of carbonyl (C=O) groups excluding carboxylic acids is 3. The molecule has 0 saturated carbocycles. The summed E-state index contributed by atoms with van der Waals surface area (Å²) in [5.41, 5.74) is 1.95. The number of hydrogen-bond acceptors (Lipinski definition) is 7. The van der Waals surface area contributed by atoms with Gasteiger partial charge in [0.25, 0.3) is 0 Å². The summed E-state index contributed by atoms with van der Waals surface area (Å²) in [6.07, 6.45) is 7.22. The molecule has 2 saturated heterocycles. The van der Waals surface area contributed by atoms with E-state index in [4.69, 9.17) is 9.47 Å². The van der Waals surface area contributed by atoms with E-state index in [0.717, 1.165) is 33.8 Å². The molecule has 0 radical (unpaired) electrons. The average molecular weight is 655 g/mol. The first-order valence-corrected chi connectivity index (χ1v) is 16.0. The van der Waals surface area contributed by atoms with Gasteiger partial charge in [-0.05, 0) is 61.4 Å². The van der Waals surface area contributed by atoms with Gasteiger partial charge in [-0.1, -0.05) is 12.1 Å². The van der Waals surface area contributed by atoms with Crippen molar-refractivity contribution in [2.24, 2.45) is 10.8 Å². The van der Waals surface area contributed by atoms with Crippen molar-refractivity contribution in [2.75, 3.05) is 40.4 Å². The van der Waals surface area contributed by atoms with Crippen LogP contribution in [0.4, 0.5) is 9.59 Å². The molecule has 0 atom stereocenters. The third kappa shape index (κ3) is 6.85. The van der Waals surface area contributed by atoms with Crippen molar-refractivity contribution in [1.82, 2.24) is 40.0 Å². The van der Waals surface area contributed by atoms with Crippen LogP contribution in [0.25, 0.3) is 0 Å². The van der Waals surface area contributed by atoms with Gasteiger partial charge in [0.05, 0.1) is 38.1 Å². The second-order valence-corrected chi connectivity index (χ2v) is 13.2. The Kier molecular flexibility index (Phi) is 9.11. The van der Waals surface area contributed by atoms with Crippen molar-refractivity contribution in [3.8, 4) is 11.5 Å². The van der Waals surface area contributed by atoms with Crippen LogP contribution < -0.4 is 20.1 Å². The van der Waals surface area contributed by atoms with Crippen molar-refractivity contribution >= 4 is 17.8 Å². The summed E-state index contributed by atoms with van der Waals surface area (Å²) in [5, 5.41) is 14.6. The topological polar surface area (TPSA) is 136 Å². The Hall–Kier alpha value is -5.33. The smallest absolute Gasteiger partial charge is 0.317 e. The van der Waals surface area contributed by atoms with Crippen molar-refractivity contribution < 1.29 is 23.9 Å². The molecule has 2 aliphatic heterocycles. The highest BCUT2D eigenvalue weighted by Crippen LogP contribution is 2.42. The van der Waals surface area contributed by atoms with E-state index >= 15 is 0 Å². The van der Waals surface area contributed by atoms with Crippen LogP contribution >= 0.6 is 0 Å². The van der Waals surface area contributed by atoms with Gasteiger partial charge in [0, 0.05) is 75.2 Å². The molecule has 0 aliphatic carbocycles. The zero-order valence-electron chi connectivity index (χ0n) is 27.8. The molecule has 0 spiro atoms. The first-order chi connectivity index (χ1) is 23.1. The molecule has 13 heteroatoms. The normalized spacial score (nSPS) is 20.4. The summed E-state index contributed by atoms with van der Waals surface area (Å²) in [4.78, 5) is 44.0. The molecule has 2 fully saturated rings. The molecular formula is C35H42N8O5. The van der Waals surface area contributed by atoms with Gasteiger partial charge >= 0.3 is 12.1 Å². The molecule has 4 amide bonds. The Morgan fingerprint density at radius 2 is 1.15 bits per heavy atom. The number of amides is 4. The number of carbonyl (C=O) groups is 3. The van der Waals surface area contributed by atoms with E-state index in [1.165, 1.54) is 0 Å². The van der Waals surface area contributed by atoms with E-state index in [2.05, 4.69) is 20.8 Å². The lowest BCUT2D eigenvalue weighted by molar-refractivity contribution is -0.152. The maximum Gasteiger partial charge on any atom is 0.317 e. The summed E-state index contributed by atoms with van der Waals surface area (Å²) >= 11 is 0. The number of aromatic nitrogens is 4. The van der Waals surface area contributed by atoms with Crippen molar-refractivity contribution in [3.05, 3.63) is 95.6 Å². The van der Waals surface area contributed by atoms with Crippen LogP contribution in [-0.2, 0) is 31.0 Å². The second-order valence-electron chi connectivity index (χ2n) is 13.2. The number of methoxy groups -OCH3 is 2. The highest BCUT2D eigenvalue weighted by molar-refractivity contribution is 5.95. The van der Waals surface area contributed by atoms with Gasteiger partial charge in [-0.3, -0.25) is 14.2 Å². The van der Waals surface area contributed by atoms with Gasteiger partial charge < -0.3 is 29.9 Å². The van der Waals surface area contributed by atoms with E-state index < -0.39 is 10.8 Å². The van der Waals surface area contributed by atoms with Gasteiger partial charge in [0.2, 0.25) is 0 Å². The summed E-state index contributed by atoms with van der Waals surface area (Å²) in [5.74, 6) is 1.58. The van der Waals surface area contributed by atoms with E-state index in [1.54, 1.807) is 36.4 Å². The van der Waals surface area contributed by atoms with Crippen LogP contribution in [0.5, 0.6) is 11.5 Å². The molecular weight excluding hydrogens is 612 g/mol. The predicted octanol–water partition coefficient (Wildman–Crippen LogP) is 3.53. The third-order valence-electron chi connectivity index (χ3n) is 9.19. The zero-order chi connectivity index (χ0) is 33.9. The number of rotatable bonds is 10. The number of hydrogen-bond donors (Lipinski definition) is 2. The average Bonchev–Trinajstić information content (AvgIpc) is 3.79. The molecule has 252 valence electrons. The number of urea groups is 2. The lowest BCUT2D eigenvalue weighted by atomic mass is 9.64. The van der Waals surface area contributed by atoms with Crippen LogP contribution in [-0.4, -0.2) is 87.6 Å². The molecule has 48 heavy (non-hydrogen) atoms. The quantitative estimate of drug-likeness (QED) is 0.267. The third-order valence-corrected chi connectivity index (χ3v) is 9.19. The molecule has 4 aromatic rings. The summed E-state index contributed by atoms with van der Waals surface area (Å²) in [7, 11) is 3.26. The number of nitrogens with one attached hydrogen (secondary N) is 2. The Morgan fingerprint density at radius 1 is 0.729 bits per heavy atom. The van der Waals surface area contributed by atoms with Gasteiger partial charge in [-0.15, -0.1) is 0 Å². The van der Waals surface area contributed by atoms with Crippen LogP contribution in [0.1, 0.15) is 36.1 Å². The van der Waals surface area contributed by atoms with Gasteiger partial charge in [-0.2, -0.15) is 10.2 Å². The van der Waals surface area contributed by atoms with E-state index in [1.807, 2.05) is 84.1 Å². The number of piperidine rings is 2. The number of ketones is 1. The Bertz CT molecular complexity index is 1630. The second kappa shape index (κ2) is 13.4. The van der Waals surface area contributed by atoms with E-state index in [0.29, 0.717) is 26.2 Å². The Labute approximate surface area is 279 Å². The number of ether oxygens (including phenoxy) is 2. The van der Waals surface area contributed by atoms with Crippen LogP contribution in [0.15, 0.2) is 73.3 Å². The van der Waals surface area contributed by atoms with E-state index in [9.17, 15) is 14.4 Å². The zero-order valence-corrected chi connectivity index (χ0v) is 27.8. The molecule has 13 nitrogen and oxygen atoms in total. The maximum atomic E-state index is 13.6. The fourth-order valence-electron chi connectivity index (χ4n) is 7.05. The molecule has 2 aliphatic rings. The SMILES string of the molecule is COc1ccc(CNC(=O)N2CC3(C)CN(C(=O)NCc4ccc(OC)c(Cn5cccn5)c4)CC(C)(C2)C3=O)cc1Cn1cccn1. The maximum absolute atomic E-state index is 13.6. The van der Waals surface area contributed by atoms with Crippen LogP contribution in [0.2, 0.25) is 0 Å². The summed E-state index contributed by atoms with van der Waals surface area (Å²) in [6.45, 7) is 6.30. The monoisotopic (exact) mass is 654 g/mol. The lowest BCUT2D eigenvalue weighted by Gasteiger charge is -2.54. The lowest BCUT2D eigenvalue weighted by Crippen LogP contribution is -2.70. The number of likely N-dealkylation sites (tertiary alicyclic amines) is 2. The number of fused-ring (bicyclic) bond motifs is 2. The number of Topliss-reactive ketones (excluding diaryl/α,β-unsaturated/α-hetero) is 1. The fraction of sp³-hybridized carbons (Fsp3) is 0.400. The van der Waals surface area contributed by atoms with Crippen molar-refractivity contribution in [2.45, 2.75) is 40.0 Å². The predicted molar refractivity (Wildman–Crippen MR) is 177 cm³/mol. The van der Waals surface area contributed by atoms with E-state index in [-0.39, 0.29) is 44.0 Å². The number of nitrogens with zero attached hydrogens (tertiary/aromatic N) is 6. The standard InChI is InChI=1S/C35H42N8O5/c1-34-21-40(32(45)36-17-25-7-9-29(47-3)27(15-25)19-42-13-5-11-38-42)23-35(2,31(34)44)24-41(22-34)33(46)37-18-26-8-10-30(48-4)28(16-26)20-43-14-6-12-39-43/h5-16H,17-24H2,1-4H3,(H,36,45)(H,37,46). The first-order valence-electron chi connectivity index (χ1n) is 16.0. The minimum Gasteiger partial charge on any atom is -0.496 e. The van der Waals surface area contributed by atoms with Gasteiger partial charge in [0.1, 0.15) is 11.5 Å². The van der Waals surface area contributed by atoms with Crippen LogP contribution in [0, 0.1) is 10.8 Å². The largest absolute Gasteiger partial charge is 0.496 e. The summed E-state index contributed by atoms with van der Waals surface area (Å²) < 4.78 is 14.7. The molecule has 2 bridgehead atoms. The minimum absolute atomic E-state index is 0.0833. The van der Waals surface area contributed by atoms with Crippen LogP contribution in [0.3, 0.4) is 0 Å². The Morgan fingerprint density at radius 3 is 1.50 bits per heavy atom. The van der Waals surface area contributed by atoms with Crippen molar-refractivity contribution in [3.63, 3.8) is 0 Å². The molecule has 2 N–H and O–H groups in total. The Balaban J connectivity index is 1.07. The molecule has 0 unspecified atom stereocenters. The van der Waals surface area contributed by atoms with Gasteiger partial charge in [-0.25, -0.2) is 9.59 Å². The molecule has 2 aromatic heterocycles. The number of benzene rings is 2. The summed E-state index contributed by atoms with van der Waals surface area (Å²) in [6, 6.07) is 14.9. The first kappa shape index (κ1) is 32.6. The molecule has 2 aromatic carbocycles. The minimum atomic E-state index is -0.895. The van der Waals surface area contributed by atoms with Gasteiger partial charge in [0.15, 0.2) is 5.78 Å². The fourth-order valence-corrected chi connectivity index (χ4v) is 7.05.